The average Bonchev–Trinajstić information content (AvgIpc) is 2.38. The highest BCUT2D eigenvalue weighted by Gasteiger charge is 2.31. The molecule has 17 heavy (non-hydrogen) atoms. The maximum absolute atomic E-state index is 5.79. The topological polar surface area (TPSA) is 68.9 Å². The number of aliphatic imine (C=N–C) groups is 1. The van der Waals surface area contributed by atoms with E-state index in [0.29, 0.717) is 19.1 Å². The zero-order chi connectivity index (χ0) is 12.6. The number of hydrogen-bond acceptors (Lipinski definition) is 4. The quantitative estimate of drug-likeness (QED) is 0.413. The predicted octanol–water partition coefficient (Wildman–Crippen LogP) is 0.449. The van der Waals surface area contributed by atoms with Crippen molar-refractivity contribution in [2.24, 2.45) is 10.7 Å². The molecule has 0 aromatic heterocycles. The Morgan fingerprint density at radius 3 is 2.82 bits per heavy atom. The third-order valence-electron chi connectivity index (χ3n) is 2.99. The van der Waals surface area contributed by atoms with E-state index in [4.69, 9.17) is 15.2 Å². The molecule has 5 nitrogen and oxygen atoms in total. The smallest absolute Gasteiger partial charge is 0.188 e. The van der Waals surface area contributed by atoms with Crippen LogP contribution in [0.25, 0.3) is 0 Å². The Kier molecular flexibility index (Phi) is 6.69. The summed E-state index contributed by atoms with van der Waals surface area (Å²) in [6.07, 6.45) is 4.22. The van der Waals surface area contributed by atoms with Gasteiger partial charge in [0.05, 0.1) is 13.2 Å². The van der Waals surface area contributed by atoms with Gasteiger partial charge >= 0.3 is 0 Å². The van der Waals surface area contributed by atoms with E-state index in [0.717, 1.165) is 32.6 Å². The molecular weight excluding hydrogens is 238 g/mol. The van der Waals surface area contributed by atoms with E-state index in [-0.39, 0.29) is 4.75 Å². The van der Waals surface area contributed by atoms with Gasteiger partial charge in [-0.25, -0.2) is 0 Å². The molecule has 0 atom stereocenters. The summed E-state index contributed by atoms with van der Waals surface area (Å²) in [5.74, 6) is 0.502. The van der Waals surface area contributed by atoms with E-state index < -0.39 is 0 Å². The fourth-order valence-corrected chi connectivity index (χ4v) is 2.51. The second kappa shape index (κ2) is 7.79. The van der Waals surface area contributed by atoms with Crippen LogP contribution in [0.15, 0.2) is 4.99 Å². The molecule has 0 unspecified atom stereocenters. The fraction of sp³-hybridized carbons (Fsp3) is 0.909. The molecule has 3 N–H and O–H groups in total. The van der Waals surface area contributed by atoms with Crippen LogP contribution in [0.3, 0.4) is 0 Å². The first-order valence-electron chi connectivity index (χ1n) is 5.88. The standard InChI is InChI=1S/C11H23N3O2S/c1-15-8-5-13-10(12)14-9-11(17-2)3-6-16-7-4-11/h3-9H2,1-2H3,(H3,12,13,14). The molecule has 0 amide bonds. The number of rotatable bonds is 6. The van der Waals surface area contributed by atoms with Gasteiger partial charge in [-0.05, 0) is 19.1 Å². The van der Waals surface area contributed by atoms with E-state index >= 15 is 0 Å². The van der Waals surface area contributed by atoms with Gasteiger partial charge in [0.15, 0.2) is 5.96 Å². The van der Waals surface area contributed by atoms with Crippen LogP contribution in [0.5, 0.6) is 0 Å². The number of ether oxygens (including phenoxy) is 2. The van der Waals surface area contributed by atoms with Crippen LogP contribution in [-0.2, 0) is 9.47 Å². The van der Waals surface area contributed by atoms with Gasteiger partial charge < -0.3 is 20.5 Å². The number of nitrogens with one attached hydrogen (secondary N) is 1. The highest BCUT2D eigenvalue weighted by Crippen LogP contribution is 2.33. The lowest BCUT2D eigenvalue weighted by Gasteiger charge is -2.34. The van der Waals surface area contributed by atoms with Gasteiger partial charge in [0.2, 0.25) is 0 Å². The number of methoxy groups -OCH3 is 1. The Morgan fingerprint density at radius 2 is 2.24 bits per heavy atom. The van der Waals surface area contributed by atoms with Crippen LogP contribution in [0.1, 0.15) is 12.8 Å². The van der Waals surface area contributed by atoms with Gasteiger partial charge in [0.25, 0.3) is 0 Å². The lowest BCUT2D eigenvalue weighted by Crippen LogP contribution is -2.39. The van der Waals surface area contributed by atoms with Gasteiger partial charge in [0.1, 0.15) is 0 Å². The van der Waals surface area contributed by atoms with Crippen molar-refractivity contribution in [3.05, 3.63) is 0 Å². The Morgan fingerprint density at radius 1 is 1.53 bits per heavy atom. The fourth-order valence-electron chi connectivity index (χ4n) is 1.74. The van der Waals surface area contributed by atoms with E-state index in [2.05, 4.69) is 16.6 Å². The van der Waals surface area contributed by atoms with Crippen LogP contribution in [0.2, 0.25) is 0 Å². The first-order valence-corrected chi connectivity index (χ1v) is 7.10. The van der Waals surface area contributed by atoms with Crippen molar-refractivity contribution in [3.63, 3.8) is 0 Å². The summed E-state index contributed by atoms with van der Waals surface area (Å²) in [6, 6.07) is 0. The zero-order valence-electron chi connectivity index (χ0n) is 10.7. The largest absolute Gasteiger partial charge is 0.383 e. The van der Waals surface area contributed by atoms with E-state index in [1.54, 1.807) is 7.11 Å². The van der Waals surface area contributed by atoms with Crippen LogP contribution in [0, 0.1) is 0 Å². The van der Waals surface area contributed by atoms with Crippen molar-refractivity contribution in [2.75, 3.05) is 46.3 Å². The SMILES string of the molecule is COCCNC(N)=NCC1(SC)CCOCC1. The second-order valence-electron chi connectivity index (χ2n) is 4.12. The Labute approximate surface area is 108 Å². The van der Waals surface area contributed by atoms with Gasteiger partial charge in [-0.1, -0.05) is 0 Å². The van der Waals surface area contributed by atoms with Crippen molar-refractivity contribution in [3.8, 4) is 0 Å². The molecule has 1 aliphatic heterocycles. The molecule has 0 spiro atoms. The van der Waals surface area contributed by atoms with Crippen molar-refractivity contribution < 1.29 is 9.47 Å². The summed E-state index contributed by atoms with van der Waals surface area (Å²) in [4.78, 5) is 4.41. The summed E-state index contributed by atoms with van der Waals surface area (Å²) in [5, 5.41) is 3.03. The first kappa shape index (κ1) is 14.6. The molecule has 100 valence electrons. The van der Waals surface area contributed by atoms with Crippen LogP contribution < -0.4 is 11.1 Å². The molecule has 0 radical (unpaired) electrons. The molecular formula is C11H23N3O2S. The summed E-state index contributed by atoms with van der Waals surface area (Å²) < 4.78 is 10.5. The monoisotopic (exact) mass is 261 g/mol. The molecule has 0 saturated carbocycles. The molecule has 0 aromatic rings. The molecule has 1 aliphatic rings. The third kappa shape index (κ3) is 5.14. The molecule has 1 saturated heterocycles. The maximum atomic E-state index is 5.79. The molecule has 6 heteroatoms. The summed E-state index contributed by atoms with van der Waals surface area (Å²) >= 11 is 1.87. The molecule has 1 fully saturated rings. The lowest BCUT2D eigenvalue weighted by molar-refractivity contribution is 0.0794. The Hall–Kier alpha value is -0.460. The highest BCUT2D eigenvalue weighted by molar-refractivity contribution is 8.00. The summed E-state index contributed by atoms with van der Waals surface area (Å²) in [6.45, 7) is 3.74. The van der Waals surface area contributed by atoms with E-state index in [1.165, 1.54) is 0 Å². The zero-order valence-corrected chi connectivity index (χ0v) is 11.5. The number of hydrogen-bond donors (Lipinski definition) is 2. The van der Waals surface area contributed by atoms with Gasteiger partial charge in [-0.3, -0.25) is 4.99 Å². The predicted molar refractivity (Wildman–Crippen MR) is 72.7 cm³/mol. The molecule has 1 rings (SSSR count). The number of nitrogens with two attached hydrogens (primary N) is 1. The minimum atomic E-state index is 0.200. The number of guanidine groups is 1. The number of thioether (sulfide) groups is 1. The normalized spacial score (nSPS) is 20.2. The minimum Gasteiger partial charge on any atom is -0.383 e. The van der Waals surface area contributed by atoms with Crippen molar-refractivity contribution in [1.82, 2.24) is 5.32 Å². The molecule has 1 heterocycles. The van der Waals surface area contributed by atoms with Crippen LogP contribution in [-0.4, -0.2) is 57.0 Å². The lowest BCUT2D eigenvalue weighted by atomic mass is 9.99. The molecule has 0 aliphatic carbocycles. The Bertz CT molecular complexity index is 243. The van der Waals surface area contributed by atoms with Crippen molar-refractivity contribution >= 4 is 17.7 Å². The first-order chi connectivity index (χ1) is 8.22. The van der Waals surface area contributed by atoms with Gasteiger partial charge in [0, 0.05) is 31.6 Å². The Balaban J connectivity index is 2.37. The van der Waals surface area contributed by atoms with Gasteiger partial charge in [-0.2, -0.15) is 11.8 Å². The third-order valence-corrected chi connectivity index (χ3v) is 4.39. The molecule has 0 bridgehead atoms. The summed E-state index contributed by atoms with van der Waals surface area (Å²) in [7, 11) is 1.67. The minimum absolute atomic E-state index is 0.200. The van der Waals surface area contributed by atoms with E-state index in [9.17, 15) is 0 Å². The molecule has 0 aromatic carbocycles. The number of nitrogens with zero attached hydrogens (tertiary/aromatic N) is 1. The summed E-state index contributed by atoms with van der Waals surface area (Å²) in [5.41, 5.74) is 5.79. The van der Waals surface area contributed by atoms with Crippen molar-refractivity contribution in [2.45, 2.75) is 17.6 Å². The highest BCUT2D eigenvalue weighted by atomic mass is 32.2. The maximum Gasteiger partial charge on any atom is 0.188 e. The average molecular weight is 261 g/mol. The van der Waals surface area contributed by atoms with Crippen molar-refractivity contribution in [1.29, 1.82) is 0 Å². The van der Waals surface area contributed by atoms with Crippen LogP contribution in [0.4, 0.5) is 0 Å². The van der Waals surface area contributed by atoms with E-state index in [1.807, 2.05) is 11.8 Å². The van der Waals surface area contributed by atoms with Crippen LogP contribution >= 0.6 is 11.8 Å². The van der Waals surface area contributed by atoms with Gasteiger partial charge in [-0.15, -0.1) is 0 Å². The second-order valence-corrected chi connectivity index (χ2v) is 5.39.